The Morgan fingerprint density at radius 3 is 2.37 bits per heavy atom. The van der Waals surface area contributed by atoms with Crippen LogP contribution in [0.5, 0.6) is 11.5 Å². The molecule has 0 bridgehead atoms. The molecule has 1 aromatic carbocycles. The first-order valence-corrected chi connectivity index (χ1v) is 8.28. The summed E-state index contributed by atoms with van der Waals surface area (Å²) in [7, 11) is 10.6. The van der Waals surface area contributed by atoms with Crippen LogP contribution in [0.3, 0.4) is 0 Å². The molecule has 8 heteroatoms. The Kier molecular flexibility index (Phi) is 6.59. The van der Waals surface area contributed by atoms with Crippen LogP contribution < -0.4 is 24.6 Å². The standard InChI is InChI=1S/C19H25N5O3/c1-23(2)18-14(12-20-19(22-18)24(3)4)21-17(25)10-8-13-7-9-15(26-5)16(11-13)27-6/h7-12H,1-6H3,(H,21,25). The fourth-order valence-corrected chi connectivity index (χ4v) is 2.31. The number of ether oxygens (including phenoxy) is 2. The van der Waals surface area contributed by atoms with Gasteiger partial charge >= 0.3 is 0 Å². The number of carbonyl (C=O) groups is 1. The number of nitrogens with one attached hydrogen (secondary N) is 1. The van der Waals surface area contributed by atoms with Crippen molar-refractivity contribution in [3.8, 4) is 11.5 Å². The van der Waals surface area contributed by atoms with Crippen LogP contribution in [0.4, 0.5) is 17.5 Å². The predicted octanol–water partition coefficient (Wildman–Crippen LogP) is 2.28. The number of rotatable bonds is 7. The van der Waals surface area contributed by atoms with Gasteiger partial charge in [0, 0.05) is 34.3 Å². The SMILES string of the molecule is COc1ccc(C=CC(=O)Nc2cnc(N(C)C)nc2N(C)C)cc1OC. The first-order valence-electron chi connectivity index (χ1n) is 8.28. The summed E-state index contributed by atoms with van der Waals surface area (Å²) in [5.74, 6) is 2.14. The highest BCUT2D eigenvalue weighted by molar-refractivity contribution is 6.03. The maximum absolute atomic E-state index is 12.3. The van der Waals surface area contributed by atoms with Crippen LogP contribution in [-0.4, -0.2) is 58.3 Å². The second-order valence-corrected chi connectivity index (χ2v) is 6.13. The monoisotopic (exact) mass is 371 g/mol. The van der Waals surface area contributed by atoms with E-state index in [9.17, 15) is 4.79 Å². The van der Waals surface area contributed by atoms with Crippen molar-refractivity contribution in [1.82, 2.24) is 9.97 Å². The van der Waals surface area contributed by atoms with Gasteiger partial charge in [0.2, 0.25) is 11.9 Å². The number of carbonyl (C=O) groups excluding carboxylic acids is 1. The molecular formula is C19H25N5O3. The third-order valence-corrected chi connectivity index (χ3v) is 3.67. The zero-order valence-corrected chi connectivity index (χ0v) is 16.5. The molecule has 2 aromatic rings. The van der Waals surface area contributed by atoms with Crippen molar-refractivity contribution < 1.29 is 14.3 Å². The second kappa shape index (κ2) is 8.88. The zero-order chi connectivity index (χ0) is 20.0. The van der Waals surface area contributed by atoms with Crippen LogP contribution in [0.1, 0.15) is 5.56 Å². The molecule has 0 atom stereocenters. The average Bonchev–Trinajstić information content (AvgIpc) is 2.65. The number of benzene rings is 1. The third kappa shape index (κ3) is 5.10. The summed E-state index contributed by atoms with van der Waals surface area (Å²) in [6.07, 6.45) is 4.74. The molecule has 0 aliphatic rings. The minimum absolute atomic E-state index is 0.283. The second-order valence-electron chi connectivity index (χ2n) is 6.13. The van der Waals surface area contributed by atoms with E-state index in [-0.39, 0.29) is 5.91 Å². The van der Waals surface area contributed by atoms with Crippen molar-refractivity contribution in [2.75, 3.05) is 57.5 Å². The quantitative estimate of drug-likeness (QED) is 0.748. The average molecular weight is 371 g/mol. The van der Waals surface area contributed by atoms with Crippen LogP contribution >= 0.6 is 0 Å². The van der Waals surface area contributed by atoms with Gasteiger partial charge < -0.3 is 24.6 Å². The first-order chi connectivity index (χ1) is 12.8. The lowest BCUT2D eigenvalue weighted by Crippen LogP contribution is -2.20. The highest BCUT2D eigenvalue weighted by Gasteiger charge is 2.12. The van der Waals surface area contributed by atoms with E-state index in [1.54, 1.807) is 43.5 Å². The lowest BCUT2D eigenvalue weighted by atomic mass is 10.2. The molecule has 8 nitrogen and oxygen atoms in total. The van der Waals surface area contributed by atoms with Crippen LogP contribution in [0.25, 0.3) is 6.08 Å². The van der Waals surface area contributed by atoms with Gasteiger partial charge in [0.25, 0.3) is 0 Å². The van der Waals surface area contributed by atoms with Crippen molar-refractivity contribution >= 4 is 29.4 Å². The molecule has 0 radical (unpaired) electrons. The predicted molar refractivity (Wildman–Crippen MR) is 108 cm³/mol. The van der Waals surface area contributed by atoms with Crippen LogP contribution in [0, 0.1) is 0 Å². The van der Waals surface area contributed by atoms with Gasteiger partial charge in [-0.1, -0.05) is 6.07 Å². The molecular weight excluding hydrogens is 346 g/mol. The van der Waals surface area contributed by atoms with E-state index >= 15 is 0 Å². The van der Waals surface area contributed by atoms with Crippen LogP contribution in [0.2, 0.25) is 0 Å². The van der Waals surface area contributed by atoms with Gasteiger partial charge in [-0.15, -0.1) is 0 Å². The van der Waals surface area contributed by atoms with Crippen molar-refractivity contribution in [3.05, 3.63) is 36.0 Å². The van der Waals surface area contributed by atoms with Gasteiger partial charge in [-0.3, -0.25) is 4.79 Å². The van der Waals surface area contributed by atoms with E-state index in [1.807, 2.05) is 39.2 Å². The van der Waals surface area contributed by atoms with Crippen molar-refractivity contribution in [2.24, 2.45) is 0 Å². The number of hydrogen-bond acceptors (Lipinski definition) is 7. The fourth-order valence-electron chi connectivity index (χ4n) is 2.31. The minimum Gasteiger partial charge on any atom is -0.493 e. The van der Waals surface area contributed by atoms with Crippen molar-refractivity contribution in [3.63, 3.8) is 0 Å². The Balaban J connectivity index is 2.17. The van der Waals surface area contributed by atoms with Gasteiger partial charge in [-0.05, 0) is 23.8 Å². The van der Waals surface area contributed by atoms with Crippen molar-refractivity contribution in [1.29, 1.82) is 0 Å². The number of aromatic nitrogens is 2. The summed E-state index contributed by atoms with van der Waals surface area (Å²) >= 11 is 0. The third-order valence-electron chi connectivity index (χ3n) is 3.67. The van der Waals surface area contributed by atoms with E-state index in [0.717, 1.165) is 5.56 Å². The number of methoxy groups -OCH3 is 2. The Morgan fingerprint density at radius 2 is 1.78 bits per heavy atom. The maximum atomic E-state index is 12.3. The molecule has 0 saturated heterocycles. The van der Waals surface area contributed by atoms with E-state index in [1.165, 1.54) is 6.08 Å². The topological polar surface area (TPSA) is 79.8 Å². The molecule has 1 aromatic heterocycles. The molecule has 0 aliphatic heterocycles. The molecule has 0 saturated carbocycles. The van der Waals surface area contributed by atoms with Gasteiger partial charge in [0.05, 0.1) is 20.4 Å². The molecule has 0 unspecified atom stereocenters. The smallest absolute Gasteiger partial charge is 0.248 e. The maximum Gasteiger partial charge on any atom is 0.248 e. The zero-order valence-electron chi connectivity index (χ0n) is 16.5. The Bertz CT molecular complexity index is 834. The van der Waals surface area contributed by atoms with E-state index in [4.69, 9.17) is 9.47 Å². The Morgan fingerprint density at radius 1 is 1.07 bits per heavy atom. The van der Waals surface area contributed by atoms with Crippen LogP contribution in [-0.2, 0) is 4.79 Å². The first kappa shape index (κ1) is 20.0. The molecule has 27 heavy (non-hydrogen) atoms. The molecule has 0 fully saturated rings. The minimum atomic E-state index is -0.283. The summed E-state index contributed by atoms with van der Waals surface area (Å²) < 4.78 is 10.5. The Labute approximate surface area is 159 Å². The van der Waals surface area contributed by atoms with E-state index in [2.05, 4.69) is 15.3 Å². The van der Waals surface area contributed by atoms with Crippen LogP contribution in [0.15, 0.2) is 30.5 Å². The molecule has 0 spiro atoms. The number of amides is 1. The number of anilines is 3. The highest BCUT2D eigenvalue weighted by Crippen LogP contribution is 2.28. The lowest BCUT2D eigenvalue weighted by Gasteiger charge is -2.18. The fraction of sp³-hybridized carbons (Fsp3) is 0.316. The normalized spacial score (nSPS) is 10.6. The van der Waals surface area contributed by atoms with Crippen molar-refractivity contribution in [2.45, 2.75) is 0 Å². The number of hydrogen-bond donors (Lipinski definition) is 1. The van der Waals surface area contributed by atoms with Gasteiger partial charge in [0.15, 0.2) is 17.3 Å². The molecule has 1 heterocycles. The number of nitrogens with zero attached hydrogens (tertiary/aromatic N) is 4. The van der Waals surface area contributed by atoms with Gasteiger partial charge in [-0.25, -0.2) is 4.98 Å². The Hall–Kier alpha value is -3.29. The molecule has 144 valence electrons. The summed E-state index contributed by atoms with van der Waals surface area (Å²) in [4.78, 5) is 24.7. The van der Waals surface area contributed by atoms with E-state index < -0.39 is 0 Å². The van der Waals surface area contributed by atoms with Gasteiger partial charge in [0.1, 0.15) is 5.69 Å². The lowest BCUT2D eigenvalue weighted by molar-refractivity contribution is -0.111. The molecule has 0 aliphatic carbocycles. The molecule has 1 amide bonds. The summed E-state index contributed by atoms with van der Waals surface area (Å²) in [5.41, 5.74) is 1.35. The summed E-state index contributed by atoms with van der Waals surface area (Å²) in [5, 5.41) is 2.81. The molecule has 2 rings (SSSR count). The summed E-state index contributed by atoms with van der Waals surface area (Å²) in [6, 6.07) is 5.42. The largest absolute Gasteiger partial charge is 0.493 e. The van der Waals surface area contributed by atoms with E-state index in [0.29, 0.717) is 29.0 Å². The van der Waals surface area contributed by atoms with Gasteiger partial charge in [-0.2, -0.15) is 4.98 Å². The highest BCUT2D eigenvalue weighted by atomic mass is 16.5. The summed E-state index contributed by atoms with van der Waals surface area (Å²) in [6.45, 7) is 0. The molecule has 1 N–H and O–H groups in total.